The lowest BCUT2D eigenvalue weighted by Crippen LogP contribution is -2.31. The fourth-order valence-electron chi connectivity index (χ4n) is 4.29. The Bertz CT molecular complexity index is 1220. The molecule has 0 spiro atoms. The number of nitriles is 1. The van der Waals surface area contributed by atoms with Crippen LogP contribution in [0.1, 0.15) is 34.5 Å². The van der Waals surface area contributed by atoms with Gasteiger partial charge in [0, 0.05) is 16.6 Å². The van der Waals surface area contributed by atoms with Crippen LogP contribution in [0.2, 0.25) is 0 Å². The highest BCUT2D eigenvalue weighted by Gasteiger charge is 2.44. The summed E-state index contributed by atoms with van der Waals surface area (Å²) in [7, 11) is -3.59. The van der Waals surface area contributed by atoms with Gasteiger partial charge in [-0.1, -0.05) is 48.5 Å². The number of carbonyl (C=O) groups excluding carboxylic acids is 1. The fourth-order valence-corrected chi connectivity index (χ4v) is 5.39. The van der Waals surface area contributed by atoms with Crippen LogP contribution >= 0.6 is 0 Å². The number of fused-ring (bicyclic) bond motifs is 3. The Kier molecular flexibility index (Phi) is 4.35. The average molecular weight is 392 g/mol. The number of carbonyl (C=O) groups is 1. The average Bonchev–Trinajstić information content (AvgIpc) is 2.94. The number of hydrogen-bond donors (Lipinski definition) is 0. The van der Waals surface area contributed by atoms with Crippen LogP contribution in [-0.2, 0) is 22.9 Å². The van der Waals surface area contributed by atoms with E-state index in [9.17, 15) is 18.5 Å². The standard InChI is InChI=1S/C22H20N2O3S/c1-28(26,27)24-18-11-6-5-10-17(18)20-19(24)12-7-13-22(15-23,21(20)25)14-16-8-3-2-4-9-16/h2-6,8-11H,7,12-14H2,1H3/t22-/m1/s1. The van der Waals surface area contributed by atoms with Gasteiger partial charge in [0.25, 0.3) is 0 Å². The summed E-state index contributed by atoms with van der Waals surface area (Å²) in [5, 5.41) is 10.7. The summed E-state index contributed by atoms with van der Waals surface area (Å²) < 4.78 is 26.3. The molecule has 0 N–H and O–H groups in total. The first-order valence-corrected chi connectivity index (χ1v) is 11.0. The van der Waals surface area contributed by atoms with Gasteiger partial charge in [0.15, 0.2) is 5.78 Å². The van der Waals surface area contributed by atoms with Crippen molar-refractivity contribution in [2.24, 2.45) is 5.41 Å². The zero-order valence-corrected chi connectivity index (χ0v) is 16.4. The summed E-state index contributed by atoms with van der Waals surface area (Å²) in [6.45, 7) is 0. The van der Waals surface area contributed by atoms with Gasteiger partial charge in [0.05, 0.1) is 17.8 Å². The quantitative estimate of drug-likeness (QED) is 0.636. The SMILES string of the molecule is CS(=O)(=O)n1c2c(c3ccccc31)C(=O)[C@@](C#N)(Cc1ccccc1)CCC2. The van der Waals surface area contributed by atoms with Gasteiger partial charge < -0.3 is 0 Å². The van der Waals surface area contributed by atoms with Crippen LogP contribution in [0.4, 0.5) is 0 Å². The molecule has 6 heteroatoms. The van der Waals surface area contributed by atoms with Crippen molar-refractivity contribution in [2.45, 2.75) is 25.7 Å². The van der Waals surface area contributed by atoms with E-state index < -0.39 is 15.4 Å². The van der Waals surface area contributed by atoms with E-state index in [0.717, 1.165) is 11.8 Å². The van der Waals surface area contributed by atoms with Crippen molar-refractivity contribution in [3.63, 3.8) is 0 Å². The maximum Gasteiger partial charge on any atom is 0.236 e. The highest BCUT2D eigenvalue weighted by atomic mass is 32.2. The van der Waals surface area contributed by atoms with Crippen molar-refractivity contribution >= 4 is 26.7 Å². The molecule has 0 saturated carbocycles. The van der Waals surface area contributed by atoms with Crippen LogP contribution in [0.25, 0.3) is 10.9 Å². The van der Waals surface area contributed by atoms with Crippen LogP contribution < -0.4 is 0 Å². The van der Waals surface area contributed by atoms with Crippen molar-refractivity contribution in [1.29, 1.82) is 5.26 Å². The first-order valence-electron chi connectivity index (χ1n) is 9.20. The summed E-state index contributed by atoms with van der Waals surface area (Å²) in [6, 6.07) is 18.8. The Labute approximate surface area is 164 Å². The van der Waals surface area contributed by atoms with Crippen molar-refractivity contribution in [3.8, 4) is 6.07 Å². The third-order valence-corrected chi connectivity index (χ3v) is 6.58. The lowest BCUT2D eigenvalue weighted by atomic mass is 9.74. The molecule has 0 saturated heterocycles. The molecule has 0 radical (unpaired) electrons. The summed E-state index contributed by atoms with van der Waals surface area (Å²) in [4.78, 5) is 13.7. The van der Waals surface area contributed by atoms with Gasteiger partial charge in [-0.3, -0.25) is 4.79 Å². The molecular weight excluding hydrogens is 372 g/mol. The molecule has 1 atom stereocenters. The summed E-state index contributed by atoms with van der Waals surface area (Å²) in [6.07, 6.45) is 2.90. The van der Waals surface area contributed by atoms with E-state index in [1.54, 1.807) is 24.3 Å². The smallest absolute Gasteiger partial charge is 0.236 e. The summed E-state index contributed by atoms with van der Waals surface area (Å²) >= 11 is 0. The number of Topliss-reactive ketones (excluding diaryl/α,β-unsaturated/α-hetero) is 1. The lowest BCUT2D eigenvalue weighted by Gasteiger charge is -2.23. The van der Waals surface area contributed by atoms with E-state index in [1.807, 2.05) is 30.3 Å². The molecule has 0 unspecified atom stereocenters. The number of nitrogens with zero attached hydrogens (tertiary/aromatic N) is 2. The molecule has 0 fully saturated rings. The monoisotopic (exact) mass is 392 g/mol. The van der Waals surface area contributed by atoms with Gasteiger partial charge in [-0.15, -0.1) is 0 Å². The van der Waals surface area contributed by atoms with Crippen LogP contribution in [0, 0.1) is 16.7 Å². The maximum atomic E-state index is 13.7. The molecular formula is C22H20N2O3S. The lowest BCUT2D eigenvalue weighted by molar-refractivity contribution is 0.0853. The summed E-state index contributed by atoms with van der Waals surface area (Å²) in [5.41, 5.74) is 1.11. The Hall–Kier alpha value is -2.91. The van der Waals surface area contributed by atoms with E-state index in [-0.39, 0.29) is 5.78 Å². The topological polar surface area (TPSA) is 79.9 Å². The second kappa shape index (κ2) is 6.61. The van der Waals surface area contributed by atoms with Crippen LogP contribution in [0.15, 0.2) is 54.6 Å². The molecule has 0 aliphatic heterocycles. The number of benzene rings is 2. The normalized spacial score (nSPS) is 19.8. The largest absolute Gasteiger partial charge is 0.292 e. The Balaban J connectivity index is 1.97. The van der Waals surface area contributed by atoms with Gasteiger partial charge in [-0.2, -0.15) is 5.26 Å². The predicted molar refractivity (Wildman–Crippen MR) is 108 cm³/mol. The molecule has 1 aromatic heterocycles. The second-order valence-electron chi connectivity index (χ2n) is 7.41. The van der Waals surface area contributed by atoms with Crippen LogP contribution in [-0.4, -0.2) is 24.4 Å². The van der Waals surface area contributed by atoms with Gasteiger partial charge in [-0.05, 0) is 37.3 Å². The van der Waals surface area contributed by atoms with Crippen molar-refractivity contribution in [3.05, 3.63) is 71.4 Å². The Morgan fingerprint density at radius 1 is 1.11 bits per heavy atom. The third-order valence-electron chi connectivity index (χ3n) is 5.50. The van der Waals surface area contributed by atoms with E-state index in [2.05, 4.69) is 6.07 Å². The van der Waals surface area contributed by atoms with Gasteiger partial charge in [-0.25, -0.2) is 12.4 Å². The highest BCUT2D eigenvalue weighted by molar-refractivity contribution is 7.89. The minimum atomic E-state index is -3.59. The molecule has 0 amide bonds. The summed E-state index contributed by atoms with van der Waals surface area (Å²) in [5.74, 6) is -0.273. The zero-order chi connectivity index (χ0) is 19.9. The fraction of sp³-hybridized carbons (Fsp3) is 0.273. The van der Waals surface area contributed by atoms with Crippen molar-refractivity contribution in [2.75, 3.05) is 6.26 Å². The number of hydrogen-bond acceptors (Lipinski definition) is 4. The number of aromatic nitrogens is 1. The molecule has 2 aromatic carbocycles. The number of para-hydroxylation sites is 1. The molecule has 28 heavy (non-hydrogen) atoms. The van der Waals surface area contributed by atoms with Gasteiger partial charge in [0.1, 0.15) is 5.41 Å². The molecule has 1 aliphatic rings. The minimum Gasteiger partial charge on any atom is -0.292 e. The minimum absolute atomic E-state index is 0.273. The Morgan fingerprint density at radius 3 is 2.46 bits per heavy atom. The zero-order valence-electron chi connectivity index (χ0n) is 15.6. The maximum absolute atomic E-state index is 13.7. The Morgan fingerprint density at radius 2 is 1.79 bits per heavy atom. The van der Waals surface area contributed by atoms with Crippen molar-refractivity contribution < 1.29 is 13.2 Å². The van der Waals surface area contributed by atoms with Crippen LogP contribution in [0.3, 0.4) is 0 Å². The molecule has 0 bridgehead atoms. The van der Waals surface area contributed by atoms with Crippen molar-refractivity contribution in [1.82, 2.24) is 3.97 Å². The third kappa shape index (κ3) is 2.83. The molecule has 1 heterocycles. The molecule has 3 aromatic rings. The predicted octanol–water partition coefficient (Wildman–Crippen LogP) is 3.72. The van der Waals surface area contributed by atoms with E-state index in [1.165, 1.54) is 3.97 Å². The number of ketones is 1. The van der Waals surface area contributed by atoms with E-state index in [4.69, 9.17) is 0 Å². The highest BCUT2D eigenvalue weighted by Crippen LogP contribution is 2.41. The van der Waals surface area contributed by atoms with Crippen LogP contribution in [0.5, 0.6) is 0 Å². The second-order valence-corrected chi connectivity index (χ2v) is 9.24. The molecule has 4 rings (SSSR count). The van der Waals surface area contributed by atoms with Gasteiger partial charge in [0.2, 0.25) is 10.0 Å². The molecule has 142 valence electrons. The van der Waals surface area contributed by atoms with E-state index >= 15 is 0 Å². The number of rotatable bonds is 3. The first kappa shape index (κ1) is 18.5. The molecule has 5 nitrogen and oxygen atoms in total. The van der Waals surface area contributed by atoms with Gasteiger partial charge >= 0.3 is 0 Å². The molecule has 1 aliphatic carbocycles. The van der Waals surface area contributed by atoms with E-state index in [0.29, 0.717) is 47.8 Å². The first-order chi connectivity index (χ1) is 13.4.